The van der Waals surface area contributed by atoms with Gasteiger partial charge in [-0.3, -0.25) is 0 Å². The number of ether oxygens (including phenoxy) is 2. The Kier molecular flexibility index (Phi) is 4.42. The molecule has 0 radical (unpaired) electrons. The van der Waals surface area contributed by atoms with Gasteiger partial charge in [0.1, 0.15) is 22.8 Å². The number of hydrogen-bond donors (Lipinski definition) is 2. The van der Waals surface area contributed by atoms with Crippen molar-refractivity contribution in [3.05, 3.63) is 29.6 Å². The Hall–Kier alpha value is -1.82. The highest BCUT2D eigenvalue weighted by Crippen LogP contribution is 2.43. The lowest BCUT2D eigenvalue weighted by Crippen LogP contribution is -2.51. The molecule has 3 rings (SSSR count). The molecule has 2 aliphatic rings. The van der Waals surface area contributed by atoms with Crippen molar-refractivity contribution in [2.45, 2.75) is 57.3 Å². The van der Waals surface area contributed by atoms with Crippen molar-refractivity contribution in [3.8, 4) is 5.75 Å². The summed E-state index contributed by atoms with van der Waals surface area (Å²) in [5.74, 6) is 0.306. The molecule has 0 aromatic heterocycles. The molecular formula is C18H25FN2O3. The number of carbonyl (C=O) groups is 1. The summed E-state index contributed by atoms with van der Waals surface area (Å²) < 4.78 is 25.3. The molecule has 1 fully saturated rings. The molecule has 5 nitrogen and oxygen atoms in total. The van der Waals surface area contributed by atoms with E-state index in [2.05, 4.69) is 10.6 Å². The molecule has 0 bridgehead atoms. The average molecular weight is 336 g/mol. The summed E-state index contributed by atoms with van der Waals surface area (Å²) in [6, 6.07) is 4.16. The average Bonchev–Trinajstić information content (AvgIpc) is 2.47. The van der Waals surface area contributed by atoms with Gasteiger partial charge in [-0.1, -0.05) is 0 Å². The Bertz CT molecular complexity index is 621. The van der Waals surface area contributed by atoms with Gasteiger partial charge in [0.25, 0.3) is 0 Å². The predicted molar refractivity (Wildman–Crippen MR) is 88.6 cm³/mol. The topological polar surface area (TPSA) is 59.6 Å². The van der Waals surface area contributed by atoms with Crippen molar-refractivity contribution in [1.82, 2.24) is 10.6 Å². The molecule has 1 atom stereocenters. The number of piperidine rings is 1. The standard InChI is InChI=1S/C18H25FN2O3/c1-17(2,3)24-16(22)21-14-11-18(6-8-20-9-7-18)23-15-5-4-12(19)10-13(14)15/h4-5,10,14,20H,6-9,11H2,1-3H3,(H,21,22). The molecular weight excluding hydrogens is 311 g/mol. The van der Waals surface area contributed by atoms with E-state index in [4.69, 9.17) is 9.47 Å². The zero-order chi connectivity index (χ0) is 17.4. The molecule has 132 valence electrons. The van der Waals surface area contributed by atoms with E-state index in [1.807, 2.05) is 20.8 Å². The van der Waals surface area contributed by atoms with Gasteiger partial charge in [0.15, 0.2) is 0 Å². The van der Waals surface area contributed by atoms with Gasteiger partial charge in [-0.15, -0.1) is 0 Å². The first-order valence-corrected chi connectivity index (χ1v) is 8.45. The maximum absolute atomic E-state index is 13.7. The maximum atomic E-state index is 13.7. The van der Waals surface area contributed by atoms with E-state index in [9.17, 15) is 9.18 Å². The van der Waals surface area contributed by atoms with E-state index >= 15 is 0 Å². The Labute approximate surface area is 141 Å². The number of carbonyl (C=O) groups excluding carboxylic acids is 1. The molecule has 2 heterocycles. The number of benzene rings is 1. The molecule has 1 saturated heterocycles. The minimum absolute atomic E-state index is 0.322. The minimum Gasteiger partial charge on any atom is -0.487 e. The van der Waals surface area contributed by atoms with Gasteiger partial charge in [0, 0.05) is 12.0 Å². The fourth-order valence-electron chi connectivity index (χ4n) is 3.41. The second kappa shape index (κ2) is 6.24. The molecule has 1 aromatic carbocycles. The molecule has 24 heavy (non-hydrogen) atoms. The first kappa shape index (κ1) is 17.0. The van der Waals surface area contributed by atoms with Gasteiger partial charge < -0.3 is 20.1 Å². The normalized spacial score (nSPS) is 22.4. The van der Waals surface area contributed by atoms with Crippen LogP contribution >= 0.6 is 0 Å². The molecule has 1 unspecified atom stereocenters. The van der Waals surface area contributed by atoms with Crippen molar-refractivity contribution in [2.75, 3.05) is 13.1 Å². The van der Waals surface area contributed by atoms with Gasteiger partial charge in [0.05, 0.1) is 6.04 Å². The molecule has 2 N–H and O–H groups in total. The summed E-state index contributed by atoms with van der Waals surface area (Å²) in [7, 11) is 0. The lowest BCUT2D eigenvalue weighted by Gasteiger charge is -2.44. The number of nitrogens with one attached hydrogen (secondary N) is 2. The fourth-order valence-corrected chi connectivity index (χ4v) is 3.41. The van der Waals surface area contributed by atoms with Gasteiger partial charge in [-0.2, -0.15) is 0 Å². The van der Waals surface area contributed by atoms with Gasteiger partial charge in [-0.05, 0) is 64.9 Å². The van der Waals surface area contributed by atoms with E-state index in [0.29, 0.717) is 17.7 Å². The number of rotatable bonds is 1. The second-order valence-electron chi connectivity index (χ2n) is 7.62. The first-order valence-electron chi connectivity index (χ1n) is 8.45. The van der Waals surface area contributed by atoms with Crippen molar-refractivity contribution >= 4 is 6.09 Å². The highest BCUT2D eigenvalue weighted by Gasteiger charge is 2.42. The Morgan fingerprint density at radius 1 is 1.38 bits per heavy atom. The second-order valence-corrected chi connectivity index (χ2v) is 7.62. The highest BCUT2D eigenvalue weighted by molar-refractivity contribution is 5.68. The molecule has 0 saturated carbocycles. The van der Waals surface area contributed by atoms with Crippen LogP contribution in [0.3, 0.4) is 0 Å². The molecule has 1 amide bonds. The van der Waals surface area contributed by atoms with Crippen LogP contribution in [0, 0.1) is 5.82 Å². The smallest absolute Gasteiger partial charge is 0.408 e. The SMILES string of the molecule is CC(C)(C)OC(=O)NC1CC2(CCNCC2)Oc2ccc(F)cc21. The first-order chi connectivity index (χ1) is 11.3. The van der Waals surface area contributed by atoms with Crippen LogP contribution in [0.2, 0.25) is 0 Å². The van der Waals surface area contributed by atoms with Crippen LogP contribution in [0.1, 0.15) is 51.6 Å². The van der Waals surface area contributed by atoms with Crippen LogP contribution in [0.15, 0.2) is 18.2 Å². The Morgan fingerprint density at radius 3 is 2.75 bits per heavy atom. The molecule has 0 aliphatic carbocycles. The fraction of sp³-hybridized carbons (Fsp3) is 0.611. The molecule has 2 aliphatic heterocycles. The number of alkyl carbamates (subject to hydrolysis) is 1. The number of hydrogen-bond acceptors (Lipinski definition) is 4. The minimum atomic E-state index is -0.577. The van der Waals surface area contributed by atoms with Crippen LogP contribution in [-0.4, -0.2) is 30.4 Å². The van der Waals surface area contributed by atoms with Gasteiger partial charge in [0.2, 0.25) is 0 Å². The van der Waals surface area contributed by atoms with Crippen molar-refractivity contribution in [3.63, 3.8) is 0 Å². The quantitative estimate of drug-likeness (QED) is 0.826. The third-order valence-electron chi connectivity index (χ3n) is 4.46. The van der Waals surface area contributed by atoms with Crippen molar-refractivity contribution < 1.29 is 18.7 Å². The van der Waals surface area contributed by atoms with Crippen LogP contribution in [0.4, 0.5) is 9.18 Å². The van der Waals surface area contributed by atoms with E-state index in [1.165, 1.54) is 12.1 Å². The molecule has 6 heteroatoms. The lowest BCUT2D eigenvalue weighted by molar-refractivity contribution is -0.000556. The van der Waals surface area contributed by atoms with Gasteiger partial charge in [-0.25, -0.2) is 9.18 Å². The third-order valence-corrected chi connectivity index (χ3v) is 4.46. The number of fused-ring (bicyclic) bond motifs is 1. The summed E-state index contributed by atoms with van der Waals surface area (Å²) >= 11 is 0. The number of halogens is 1. The molecule has 1 spiro atoms. The predicted octanol–water partition coefficient (Wildman–Crippen LogP) is 3.30. The summed E-state index contributed by atoms with van der Waals surface area (Å²) in [6.45, 7) is 7.20. The number of amides is 1. The van der Waals surface area contributed by atoms with E-state index in [0.717, 1.165) is 25.9 Å². The van der Waals surface area contributed by atoms with Crippen LogP contribution in [-0.2, 0) is 4.74 Å². The van der Waals surface area contributed by atoms with E-state index in [-0.39, 0.29) is 17.5 Å². The Balaban J connectivity index is 1.85. The summed E-state index contributed by atoms with van der Waals surface area (Å²) in [5, 5.41) is 6.23. The van der Waals surface area contributed by atoms with E-state index in [1.54, 1.807) is 6.07 Å². The lowest BCUT2D eigenvalue weighted by atomic mass is 9.81. The van der Waals surface area contributed by atoms with E-state index < -0.39 is 11.7 Å². The van der Waals surface area contributed by atoms with Crippen LogP contribution in [0.25, 0.3) is 0 Å². The van der Waals surface area contributed by atoms with Crippen LogP contribution in [0.5, 0.6) is 5.75 Å². The van der Waals surface area contributed by atoms with Crippen molar-refractivity contribution in [2.24, 2.45) is 0 Å². The Morgan fingerprint density at radius 2 is 2.08 bits per heavy atom. The zero-order valence-electron chi connectivity index (χ0n) is 14.4. The summed E-state index contributed by atoms with van der Waals surface area (Å²) in [5.41, 5.74) is -0.229. The summed E-state index contributed by atoms with van der Waals surface area (Å²) in [6.07, 6.45) is 1.84. The van der Waals surface area contributed by atoms with Crippen molar-refractivity contribution in [1.29, 1.82) is 0 Å². The monoisotopic (exact) mass is 336 g/mol. The maximum Gasteiger partial charge on any atom is 0.408 e. The zero-order valence-corrected chi connectivity index (χ0v) is 14.4. The molecule has 1 aromatic rings. The summed E-state index contributed by atoms with van der Waals surface area (Å²) in [4.78, 5) is 12.2. The highest BCUT2D eigenvalue weighted by atomic mass is 19.1. The van der Waals surface area contributed by atoms with Gasteiger partial charge >= 0.3 is 6.09 Å². The van der Waals surface area contributed by atoms with Crippen LogP contribution < -0.4 is 15.4 Å². The largest absolute Gasteiger partial charge is 0.487 e. The third kappa shape index (κ3) is 3.80.